The predicted molar refractivity (Wildman–Crippen MR) is 89.6 cm³/mol. The van der Waals surface area contributed by atoms with Crippen LogP contribution in [0.1, 0.15) is 0 Å². The van der Waals surface area contributed by atoms with E-state index in [1.165, 1.54) is 24.3 Å². The Kier molecular flexibility index (Phi) is 4.24. The maximum atomic E-state index is 14.0. The van der Waals surface area contributed by atoms with Gasteiger partial charge in [0, 0.05) is 24.1 Å². The first-order valence-electron chi connectivity index (χ1n) is 7.07. The van der Waals surface area contributed by atoms with Crippen molar-refractivity contribution in [2.45, 2.75) is 4.90 Å². The topological polar surface area (TPSA) is 94.2 Å². The summed E-state index contributed by atoms with van der Waals surface area (Å²) in [5, 5.41) is 11.0. The highest BCUT2D eigenvalue weighted by atomic mass is 32.2. The van der Waals surface area contributed by atoms with Crippen molar-refractivity contribution >= 4 is 21.4 Å². The lowest BCUT2D eigenvalue weighted by Crippen LogP contribution is -2.15. The number of anilines is 1. The maximum absolute atomic E-state index is 14.0. The molecule has 1 N–H and O–H groups in total. The fraction of sp³-hybridized carbons (Fsp3) is 0. The second-order valence-electron chi connectivity index (χ2n) is 5.08. The molecule has 0 saturated heterocycles. The van der Waals surface area contributed by atoms with Crippen LogP contribution in [0.2, 0.25) is 0 Å². The van der Waals surface area contributed by atoms with Crippen LogP contribution in [0, 0.1) is 15.9 Å². The molecule has 0 unspecified atom stereocenters. The van der Waals surface area contributed by atoms with Crippen molar-refractivity contribution in [3.8, 4) is 5.69 Å². The van der Waals surface area contributed by atoms with Crippen LogP contribution in [0.15, 0.2) is 71.9 Å². The van der Waals surface area contributed by atoms with E-state index in [1.54, 1.807) is 29.1 Å². The first-order valence-corrected chi connectivity index (χ1v) is 8.56. The van der Waals surface area contributed by atoms with Crippen LogP contribution in [0.5, 0.6) is 0 Å². The zero-order valence-corrected chi connectivity index (χ0v) is 13.5. The van der Waals surface area contributed by atoms with Gasteiger partial charge in [0.15, 0.2) is 4.90 Å². The quantitative estimate of drug-likeness (QED) is 0.557. The first kappa shape index (κ1) is 16.7. The fourth-order valence-electron chi connectivity index (χ4n) is 2.29. The summed E-state index contributed by atoms with van der Waals surface area (Å²) >= 11 is 0. The molecule has 0 spiro atoms. The highest BCUT2D eigenvalue weighted by Crippen LogP contribution is 2.27. The van der Waals surface area contributed by atoms with Gasteiger partial charge in [-0.25, -0.2) is 12.8 Å². The summed E-state index contributed by atoms with van der Waals surface area (Å²) in [5.74, 6) is -0.793. The van der Waals surface area contributed by atoms with E-state index >= 15 is 0 Å². The summed E-state index contributed by atoms with van der Waals surface area (Å²) in [5.41, 5.74) is -0.354. The Labute approximate surface area is 142 Å². The van der Waals surface area contributed by atoms with Gasteiger partial charge in [-0.1, -0.05) is 12.1 Å². The lowest BCUT2D eigenvalue weighted by atomic mass is 10.2. The molecular weight excluding hydrogens is 349 g/mol. The van der Waals surface area contributed by atoms with Gasteiger partial charge in [0.1, 0.15) is 5.82 Å². The molecule has 0 aliphatic heterocycles. The third-order valence-electron chi connectivity index (χ3n) is 3.45. The second-order valence-corrected chi connectivity index (χ2v) is 6.74. The summed E-state index contributed by atoms with van der Waals surface area (Å²) in [6, 6.07) is 12.3. The van der Waals surface area contributed by atoms with E-state index in [9.17, 15) is 22.9 Å². The number of benzene rings is 2. The average Bonchev–Trinajstić information content (AvgIpc) is 3.11. The number of nitro benzene ring substituents is 1. The van der Waals surface area contributed by atoms with Gasteiger partial charge in [-0.3, -0.25) is 14.8 Å². The Morgan fingerprint density at radius 2 is 1.72 bits per heavy atom. The average molecular weight is 361 g/mol. The molecule has 25 heavy (non-hydrogen) atoms. The molecule has 0 radical (unpaired) electrons. The Balaban J connectivity index is 2.02. The fourth-order valence-corrected chi connectivity index (χ4v) is 3.53. The van der Waals surface area contributed by atoms with E-state index in [4.69, 9.17) is 0 Å². The van der Waals surface area contributed by atoms with Gasteiger partial charge in [0.25, 0.3) is 15.7 Å². The lowest BCUT2D eigenvalue weighted by molar-refractivity contribution is -0.387. The number of nitrogens with zero attached hydrogens (tertiary/aromatic N) is 2. The van der Waals surface area contributed by atoms with Crippen LogP contribution in [0.25, 0.3) is 5.69 Å². The largest absolute Gasteiger partial charge is 0.324 e. The van der Waals surface area contributed by atoms with Gasteiger partial charge in [-0.15, -0.1) is 0 Å². The summed E-state index contributed by atoms with van der Waals surface area (Å²) in [4.78, 5) is 9.69. The van der Waals surface area contributed by atoms with Crippen molar-refractivity contribution in [2.75, 3.05) is 4.72 Å². The van der Waals surface area contributed by atoms with Gasteiger partial charge in [-0.2, -0.15) is 0 Å². The van der Waals surface area contributed by atoms with E-state index in [0.717, 1.165) is 18.2 Å². The number of nitro groups is 1. The zero-order valence-electron chi connectivity index (χ0n) is 12.7. The Hall–Kier alpha value is -3.20. The van der Waals surface area contributed by atoms with Gasteiger partial charge in [0.2, 0.25) is 0 Å². The smallest absolute Gasteiger partial charge is 0.289 e. The molecule has 0 saturated carbocycles. The minimum absolute atomic E-state index is 0.302. The molecule has 3 aromatic rings. The normalized spacial score (nSPS) is 11.2. The molecule has 0 bridgehead atoms. The van der Waals surface area contributed by atoms with Gasteiger partial charge >= 0.3 is 0 Å². The number of hydrogen-bond donors (Lipinski definition) is 1. The molecule has 7 nitrogen and oxygen atoms in total. The third kappa shape index (κ3) is 3.36. The molecule has 0 fully saturated rings. The first-order chi connectivity index (χ1) is 11.9. The number of nitrogens with one attached hydrogen (secondary N) is 1. The molecule has 1 aromatic heterocycles. The molecule has 2 aromatic carbocycles. The van der Waals surface area contributed by atoms with Gasteiger partial charge in [-0.05, 0) is 36.4 Å². The SMILES string of the molecule is O=[N+]([O-])c1ccccc1S(=O)(=O)Nc1cc(-n2cccc2)ccc1F. The lowest BCUT2D eigenvalue weighted by Gasteiger charge is -2.11. The number of para-hydroxylation sites is 1. The number of rotatable bonds is 5. The molecule has 0 aliphatic rings. The van der Waals surface area contributed by atoms with Crippen molar-refractivity contribution in [2.24, 2.45) is 0 Å². The van der Waals surface area contributed by atoms with Gasteiger partial charge in [0.05, 0.1) is 10.6 Å². The van der Waals surface area contributed by atoms with Gasteiger partial charge < -0.3 is 4.57 Å². The van der Waals surface area contributed by atoms with Crippen molar-refractivity contribution in [3.63, 3.8) is 0 Å². The molecule has 3 rings (SSSR count). The van der Waals surface area contributed by atoms with Crippen molar-refractivity contribution in [3.05, 3.63) is 82.9 Å². The van der Waals surface area contributed by atoms with Crippen LogP contribution in [0.3, 0.4) is 0 Å². The number of halogens is 1. The van der Waals surface area contributed by atoms with E-state index in [-0.39, 0.29) is 5.69 Å². The second kappa shape index (κ2) is 6.36. The summed E-state index contributed by atoms with van der Waals surface area (Å²) in [7, 11) is -4.34. The minimum Gasteiger partial charge on any atom is -0.324 e. The standard InChI is InChI=1S/C16H12FN3O4S/c17-13-8-7-12(19-9-3-4-10-19)11-14(13)18-25(23,24)16-6-2-1-5-15(16)20(21)22/h1-11,18H. The van der Waals surface area contributed by atoms with Crippen molar-refractivity contribution in [1.29, 1.82) is 0 Å². The molecule has 1 heterocycles. The minimum atomic E-state index is -4.34. The van der Waals surface area contributed by atoms with Crippen molar-refractivity contribution < 1.29 is 17.7 Å². The van der Waals surface area contributed by atoms with E-state index in [0.29, 0.717) is 5.69 Å². The van der Waals surface area contributed by atoms with Crippen LogP contribution < -0.4 is 4.72 Å². The molecule has 9 heteroatoms. The molecule has 0 aliphatic carbocycles. The summed E-state index contributed by atoms with van der Waals surface area (Å²) in [6.07, 6.45) is 3.43. The summed E-state index contributed by atoms with van der Waals surface area (Å²) < 4.78 is 42.8. The number of hydrogen-bond acceptors (Lipinski definition) is 4. The van der Waals surface area contributed by atoms with Crippen LogP contribution >= 0.6 is 0 Å². The zero-order chi connectivity index (χ0) is 18.0. The molecule has 128 valence electrons. The Morgan fingerprint density at radius 3 is 2.40 bits per heavy atom. The highest BCUT2D eigenvalue weighted by Gasteiger charge is 2.26. The van der Waals surface area contributed by atoms with E-state index < -0.39 is 31.3 Å². The Bertz CT molecular complexity index is 1030. The van der Waals surface area contributed by atoms with Crippen LogP contribution in [-0.4, -0.2) is 17.9 Å². The third-order valence-corrected chi connectivity index (χ3v) is 4.86. The molecule has 0 atom stereocenters. The maximum Gasteiger partial charge on any atom is 0.289 e. The molecule has 0 amide bonds. The van der Waals surface area contributed by atoms with E-state index in [2.05, 4.69) is 4.72 Å². The predicted octanol–water partition coefficient (Wildman–Crippen LogP) is 3.33. The monoisotopic (exact) mass is 361 g/mol. The van der Waals surface area contributed by atoms with E-state index in [1.807, 2.05) is 0 Å². The van der Waals surface area contributed by atoms with Crippen LogP contribution in [0.4, 0.5) is 15.8 Å². The highest BCUT2D eigenvalue weighted by molar-refractivity contribution is 7.92. The number of sulfonamides is 1. The summed E-state index contributed by atoms with van der Waals surface area (Å²) in [6.45, 7) is 0. The number of aromatic nitrogens is 1. The molecular formula is C16H12FN3O4S. The Morgan fingerprint density at radius 1 is 1.04 bits per heavy atom. The van der Waals surface area contributed by atoms with Crippen molar-refractivity contribution in [1.82, 2.24) is 4.57 Å². The van der Waals surface area contributed by atoms with Crippen LogP contribution in [-0.2, 0) is 10.0 Å².